The summed E-state index contributed by atoms with van der Waals surface area (Å²) in [6, 6.07) is 17.4. The van der Waals surface area contributed by atoms with E-state index in [4.69, 9.17) is 9.15 Å². The summed E-state index contributed by atoms with van der Waals surface area (Å²) in [4.78, 5) is 14.6. The molecule has 2 aromatic heterocycles. The maximum Gasteiger partial charge on any atom is 0.289 e. The monoisotopic (exact) mass is 373 g/mol. The predicted octanol–water partition coefficient (Wildman–Crippen LogP) is 4.06. The third-order valence-corrected chi connectivity index (χ3v) is 5.18. The van der Waals surface area contributed by atoms with Crippen LogP contribution in [0.2, 0.25) is 0 Å². The van der Waals surface area contributed by atoms with Crippen molar-refractivity contribution in [3.63, 3.8) is 0 Å². The van der Waals surface area contributed by atoms with E-state index in [-0.39, 0.29) is 12.0 Å². The minimum absolute atomic E-state index is 0.0137. The summed E-state index contributed by atoms with van der Waals surface area (Å²) in [5.41, 5.74) is 0.735. The van der Waals surface area contributed by atoms with Crippen LogP contribution in [0.5, 0.6) is 5.88 Å². The average molecular weight is 373 g/mol. The van der Waals surface area contributed by atoms with Crippen LogP contribution in [0.4, 0.5) is 0 Å². The van der Waals surface area contributed by atoms with E-state index < -0.39 is 0 Å². The van der Waals surface area contributed by atoms with E-state index in [2.05, 4.69) is 10.2 Å². The van der Waals surface area contributed by atoms with E-state index in [9.17, 15) is 4.79 Å². The molecule has 2 aromatic carbocycles. The molecular weight excluding hydrogens is 354 g/mol. The molecule has 0 spiro atoms. The van der Waals surface area contributed by atoms with Gasteiger partial charge in [-0.15, -0.1) is 5.10 Å². The van der Waals surface area contributed by atoms with Crippen molar-refractivity contribution in [1.29, 1.82) is 0 Å². The SMILES string of the molecule is O=C(c1cc2ccccc2o1)N1CCC(Oc2nncc3ccccc23)CC1. The summed E-state index contributed by atoms with van der Waals surface area (Å²) < 4.78 is 11.8. The Balaban J connectivity index is 1.26. The number of para-hydroxylation sites is 1. The van der Waals surface area contributed by atoms with E-state index in [0.717, 1.165) is 34.6 Å². The molecule has 0 saturated carbocycles. The number of amides is 1. The molecule has 0 unspecified atom stereocenters. The van der Waals surface area contributed by atoms with Gasteiger partial charge in [0.25, 0.3) is 5.91 Å². The summed E-state index contributed by atoms with van der Waals surface area (Å²) >= 11 is 0. The number of benzene rings is 2. The van der Waals surface area contributed by atoms with Gasteiger partial charge in [-0.3, -0.25) is 4.79 Å². The molecule has 140 valence electrons. The van der Waals surface area contributed by atoms with Gasteiger partial charge in [0.1, 0.15) is 11.7 Å². The van der Waals surface area contributed by atoms with Gasteiger partial charge in [0.2, 0.25) is 5.88 Å². The normalized spacial score (nSPS) is 15.2. The quantitative estimate of drug-likeness (QED) is 0.542. The highest BCUT2D eigenvalue weighted by molar-refractivity contribution is 5.96. The first kappa shape index (κ1) is 16.7. The average Bonchev–Trinajstić information content (AvgIpc) is 3.18. The van der Waals surface area contributed by atoms with Gasteiger partial charge in [-0.2, -0.15) is 5.10 Å². The number of furan rings is 1. The second-order valence-electron chi connectivity index (χ2n) is 6.99. The number of hydrogen-bond donors (Lipinski definition) is 0. The highest BCUT2D eigenvalue weighted by Gasteiger charge is 2.27. The smallest absolute Gasteiger partial charge is 0.289 e. The molecule has 28 heavy (non-hydrogen) atoms. The predicted molar refractivity (Wildman–Crippen MR) is 105 cm³/mol. The number of carbonyl (C=O) groups is 1. The van der Waals surface area contributed by atoms with Crippen molar-refractivity contribution < 1.29 is 13.9 Å². The third kappa shape index (κ3) is 3.07. The summed E-state index contributed by atoms with van der Waals surface area (Å²) in [6.45, 7) is 1.25. The molecule has 1 amide bonds. The van der Waals surface area contributed by atoms with Gasteiger partial charge >= 0.3 is 0 Å². The number of hydrogen-bond acceptors (Lipinski definition) is 5. The van der Waals surface area contributed by atoms with Crippen molar-refractivity contribution in [2.75, 3.05) is 13.1 Å². The van der Waals surface area contributed by atoms with Gasteiger partial charge in [-0.05, 0) is 18.2 Å². The Kier molecular flexibility index (Phi) is 4.16. The van der Waals surface area contributed by atoms with Crippen molar-refractivity contribution in [1.82, 2.24) is 15.1 Å². The van der Waals surface area contributed by atoms with E-state index in [1.807, 2.05) is 59.5 Å². The maximum atomic E-state index is 12.8. The fourth-order valence-electron chi connectivity index (χ4n) is 3.67. The molecule has 1 aliphatic heterocycles. The Hall–Kier alpha value is -3.41. The molecule has 0 aliphatic carbocycles. The van der Waals surface area contributed by atoms with Gasteiger partial charge < -0.3 is 14.1 Å². The van der Waals surface area contributed by atoms with Crippen LogP contribution in [-0.4, -0.2) is 40.2 Å². The fraction of sp³-hybridized carbons (Fsp3) is 0.227. The van der Waals surface area contributed by atoms with Gasteiger partial charge in [-0.25, -0.2) is 0 Å². The first-order valence-corrected chi connectivity index (χ1v) is 9.43. The number of aromatic nitrogens is 2. The minimum atomic E-state index is -0.0698. The van der Waals surface area contributed by atoms with E-state index >= 15 is 0 Å². The van der Waals surface area contributed by atoms with Crippen LogP contribution in [0, 0.1) is 0 Å². The minimum Gasteiger partial charge on any atom is -0.473 e. The summed E-state index contributed by atoms with van der Waals surface area (Å²) in [5.74, 6) is 0.875. The van der Waals surface area contributed by atoms with Crippen LogP contribution in [0.3, 0.4) is 0 Å². The molecule has 0 N–H and O–H groups in total. The van der Waals surface area contributed by atoms with Gasteiger partial charge in [-0.1, -0.05) is 36.4 Å². The Morgan fingerprint density at radius 1 is 1.04 bits per heavy atom. The number of fused-ring (bicyclic) bond motifs is 2. The van der Waals surface area contributed by atoms with Crippen molar-refractivity contribution >= 4 is 27.6 Å². The Morgan fingerprint density at radius 3 is 2.61 bits per heavy atom. The van der Waals surface area contributed by atoms with Gasteiger partial charge in [0.15, 0.2) is 5.76 Å². The lowest BCUT2D eigenvalue weighted by molar-refractivity contribution is 0.0563. The summed E-state index contributed by atoms with van der Waals surface area (Å²) in [5, 5.41) is 11.1. The van der Waals surface area contributed by atoms with Crippen LogP contribution >= 0.6 is 0 Å². The zero-order chi connectivity index (χ0) is 18.9. The standard InChI is InChI=1S/C22H19N3O3/c26-22(20-13-15-5-2-4-8-19(15)28-20)25-11-9-17(10-12-25)27-21-18-7-3-1-6-16(18)14-23-24-21/h1-8,13-14,17H,9-12H2. The molecular formula is C22H19N3O3. The zero-order valence-corrected chi connectivity index (χ0v) is 15.2. The third-order valence-electron chi connectivity index (χ3n) is 5.18. The lowest BCUT2D eigenvalue weighted by Crippen LogP contribution is -2.41. The van der Waals surface area contributed by atoms with Crippen LogP contribution in [-0.2, 0) is 0 Å². The van der Waals surface area contributed by atoms with Crippen LogP contribution in [0.15, 0.2) is 65.2 Å². The Labute approximate surface area is 161 Å². The van der Waals surface area contributed by atoms with Crippen molar-refractivity contribution in [2.24, 2.45) is 0 Å². The first-order valence-electron chi connectivity index (χ1n) is 9.43. The van der Waals surface area contributed by atoms with Crippen molar-refractivity contribution in [3.8, 4) is 5.88 Å². The number of piperidine rings is 1. The second kappa shape index (κ2) is 6.96. The molecule has 5 rings (SSSR count). The van der Waals surface area contributed by atoms with Gasteiger partial charge in [0, 0.05) is 42.1 Å². The largest absolute Gasteiger partial charge is 0.473 e. The Morgan fingerprint density at radius 2 is 1.79 bits per heavy atom. The highest BCUT2D eigenvalue weighted by atomic mass is 16.5. The molecule has 0 atom stereocenters. The number of likely N-dealkylation sites (tertiary alicyclic amines) is 1. The number of rotatable bonds is 3. The topological polar surface area (TPSA) is 68.5 Å². The zero-order valence-electron chi connectivity index (χ0n) is 15.2. The van der Waals surface area contributed by atoms with Crippen LogP contribution < -0.4 is 4.74 Å². The summed E-state index contributed by atoms with van der Waals surface area (Å²) in [6.07, 6.45) is 3.24. The van der Waals surface area contributed by atoms with Gasteiger partial charge in [0.05, 0.1) is 6.20 Å². The van der Waals surface area contributed by atoms with Crippen LogP contribution in [0.1, 0.15) is 23.4 Å². The van der Waals surface area contributed by atoms with E-state index in [0.29, 0.717) is 24.7 Å². The summed E-state index contributed by atoms with van der Waals surface area (Å²) in [7, 11) is 0. The van der Waals surface area contributed by atoms with Crippen molar-refractivity contribution in [3.05, 3.63) is 66.6 Å². The Bertz CT molecular complexity index is 1110. The molecule has 0 radical (unpaired) electrons. The molecule has 1 saturated heterocycles. The maximum absolute atomic E-state index is 12.8. The lowest BCUT2D eigenvalue weighted by atomic mass is 10.1. The van der Waals surface area contributed by atoms with Crippen LogP contribution in [0.25, 0.3) is 21.7 Å². The number of ether oxygens (including phenoxy) is 1. The second-order valence-corrected chi connectivity index (χ2v) is 6.99. The number of carbonyl (C=O) groups excluding carboxylic acids is 1. The molecule has 6 heteroatoms. The van der Waals surface area contributed by atoms with E-state index in [1.165, 1.54) is 0 Å². The lowest BCUT2D eigenvalue weighted by Gasteiger charge is -2.31. The van der Waals surface area contributed by atoms with Crippen molar-refractivity contribution in [2.45, 2.75) is 18.9 Å². The number of nitrogens with zero attached hydrogens (tertiary/aromatic N) is 3. The molecule has 0 bridgehead atoms. The first-order chi connectivity index (χ1) is 13.8. The molecule has 1 fully saturated rings. The molecule has 1 aliphatic rings. The molecule has 3 heterocycles. The molecule has 4 aromatic rings. The fourth-order valence-corrected chi connectivity index (χ4v) is 3.67. The highest BCUT2D eigenvalue weighted by Crippen LogP contribution is 2.26. The van der Waals surface area contributed by atoms with E-state index in [1.54, 1.807) is 6.20 Å². The molecule has 6 nitrogen and oxygen atoms in total.